The number of thioether (sulfide) groups is 1. The Morgan fingerprint density at radius 1 is 0.896 bits per heavy atom. The average Bonchev–Trinajstić information content (AvgIpc) is 3.06. The number of anilines is 1. The Morgan fingerprint density at radius 3 is 2.15 bits per heavy atom. The van der Waals surface area contributed by atoms with Crippen molar-refractivity contribution < 1.29 is 27.1 Å². The standard InChI is InChI=1S/C37H42FN3O5S2/c1-6-46-34-19-13-12-18-32(34)41(48(44,45)30-22-20-29(47-5)21-23-30)26-35(42)40(25-28-16-10-11-17-31(28)38)33(36(43)39-37(2,3)4)24-27-14-8-7-9-15-27/h7-23,33H,6,24-26H2,1-5H3,(H,39,43). The lowest BCUT2D eigenvalue weighted by atomic mass is 10.0. The molecule has 4 aromatic rings. The SMILES string of the molecule is CCOc1ccccc1N(CC(=O)N(Cc1ccccc1F)C(Cc1ccccc1)C(=O)NC(C)(C)C)S(=O)(=O)c1ccc(SC)cc1. The van der Waals surface area contributed by atoms with Gasteiger partial charge < -0.3 is 15.0 Å². The van der Waals surface area contributed by atoms with Crippen molar-refractivity contribution in [3.63, 3.8) is 0 Å². The Morgan fingerprint density at radius 2 is 1.52 bits per heavy atom. The van der Waals surface area contributed by atoms with Gasteiger partial charge in [-0.25, -0.2) is 12.8 Å². The predicted molar refractivity (Wildman–Crippen MR) is 189 cm³/mol. The zero-order chi connectivity index (χ0) is 34.9. The first-order valence-electron chi connectivity index (χ1n) is 15.6. The monoisotopic (exact) mass is 691 g/mol. The fourth-order valence-corrected chi connectivity index (χ4v) is 6.98. The van der Waals surface area contributed by atoms with E-state index in [-0.39, 0.29) is 41.5 Å². The Kier molecular flexibility index (Phi) is 12.3. The second-order valence-corrected chi connectivity index (χ2v) is 14.9. The van der Waals surface area contributed by atoms with Crippen molar-refractivity contribution in [1.29, 1.82) is 0 Å². The minimum Gasteiger partial charge on any atom is -0.492 e. The number of nitrogens with zero attached hydrogens (tertiary/aromatic N) is 2. The zero-order valence-corrected chi connectivity index (χ0v) is 29.5. The molecule has 0 spiro atoms. The van der Waals surface area contributed by atoms with Crippen molar-refractivity contribution in [2.45, 2.75) is 62.0 Å². The number of hydrogen-bond acceptors (Lipinski definition) is 6. The molecule has 0 bridgehead atoms. The molecular formula is C37H42FN3O5S2. The number of para-hydroxylation sites is 2. The van der Waals surface area contributed by atoms with E-state index in [2.05, 4.69) is 5.32 Å². The van der Waals surface area contributed by atoms with E-state index in [0.717, 1.165) is 14.8 Å². The molecule has 11 heteroatoms. The third-order valence-corrected chi connectivity index (χ3v) is 9.95. The van der Waals surface area contributed by atoms with Gasteiger partial charge in [0.15, 0.2) is 0 Å². The number of rotatable bonds is 14. The van der Waals surface area contributed by atoms with Crippen LogP contribution in [0.3, 0.4) is 0 Å². The highest BCUT2D eigenvalue weighted by molar-refractivity contribution is 7.98. The first-order chi connectivity index (χ1) is 22.8. The Hall–Kier alpha value is -4.35. The van der Waals surface area contributed by atoms with Crippen molar-refractivity contribution in [2.75, 3.05) is 23.7 Å². The van der Waals surface area contributed by atoms with Crippen molar-refractivity contribution in [3.8, 4) is 5.75 Å². The van der Waals surface area contributed by atoms with E-state index in [9.17, 15) is 18.0 Å². The van der Waals surface area contributed by atoms with Crippen LogP contribution in [0.25, 0.3) is 0 Å². The first-order valence-corrected chi connectivity index (χ1v) is 18.3. The lowest BCUT2D eigenvalue weighted by molar-refractivity contribution is -0.140. The number of carbonyl (C=O) groups is 2. The minimum atomic E-state index is -4.34. The number of benzene rings is 4. The van der Waals surface area contributed by atoms with Crippen LogP contribution < -0.4 is 14.4 Å². The van der Waals surface area contributed by atoms with Crippen LogP contribution in [-0.2, 0) is 32.6 Å². The largest absolute Gasteiger partial charge is 0.492 e. The maximum atomic E-state index is 15.2. The molecule has 1 unspecified atom stereocenters. The van der Waals surface area contributed by atoms with Gasteiger partial charge in [-0.2, -0.15) is 0 Å². The van der Waals surface area contributed by atoms with E-state index < -0.39 is 45.8 Å². The lowest BCUT2D eigenvalue weighted by Crippen LogP contribution is -2.56. The van der Waals surface area contributed by atoms with E-state index in [4.69, 9.17) is 4.74 Å². The van der Waals surface area contributed by atoms with Crippen molar-refractivity contribution >= 4 is 39.3 Å². The number of ether oxygens (including phenoxy) is 1. The smallest absolute Gasteiger partial charge is 0.264 e. The van der Waals surface area contributed by atoms with E-state index in [1.165, 1.54) is 34.9 Å². The molecule has 4 aromatic carbocycles. The van der Waals surface area contributed by atoms with Gasteiger partial charge in [-0.3, -0.25) is 13.9 Å². The van der Waals surface area contributed by atoms with Gasteiger partial charge in [0.05, 0.1) is 17.2 Å². The fraction of sp³-hybridized carbons (Fsp3) is 0.297. The van der Waals surface area contributed by atoms with Gasteiger partial charge in [0.1, 0.15) is 24.2 Å². The third kappa shape index (κ3) is 9.38. The second-order valence-electron chi connectivity index (χ2n) is 12.1. The summed E-state index contributed by atoms with van der Waals surface area (Å²) >= 11 is 1.47. The molecule has 0 fully saturated rings. The first kappa shape index (κ1) is 36.5. The zero-order valence-electron chi connectivity index (χ0n) is 27.9. The summed E-state index contributed by atoms with van der Waals surface area (Å²) in [6.45, 7) is 6.56. The molecule has 0 saturated heterocycles. The van der Waals surface area contributed by atoms with E-state index in [1.54, 1.807) is 61.5 Å². The quantitative estimate of drug-likeness (QED) is 0.148. The Bertz CT molecular complexity index is 1800. The molecule has 4 rings (SSSR count). The topological polar surface area (TPSA) is 96.0 Å². The van der Waals surface area contributed by atoms with Crippen LogP contribution in [0.15, 0.2) is 113 Å². The van der Waals surface area contributed by atoms with Gasteiger partial charge in [0, 0.05) is 29.0 Å². The van der Waals surface area contributed by atoms with Crippen molar-refractivity contribution in [2.24, 2.45) is 0 Å². The van der Waals surface area contributed by atoms with Gasteiger partial charge >= 0.3 is 0 Å². The Labute approximate surface area is 287 Å². The van der Waals surface area contributed by atoms with Crippen LogP contribution in [0.2, 0.25) is 0 Å². The summed E-state index contributed by atoms with van der Waals surface area (Å²) in [5, 5.41) is 2.97. The summed E-state index contributed by atoms with van der Waals surface area (Å²) in [6, 6.07) is 27.1. The number of carbonyl (C=O) groups excluding carboxylic acids is 2. The maximum Gasteiger partial charge on any atom is 0.264 e. The third-order valence-electron chi connectivity index (χ3n) is 7.43. The molecule has 0 aliphatic rings. The molecule has 0 aliphatic carbocycles. The molecule has 48 heavy (non-hydrogen) atoms. The van der Waals surface area contributed by atoms with Crippen LogP contribution in [-0.4, -0.2) is 56.1 Å². The highest BCUT2D eigenvalue weighted by Crippen LogP contribution is 2.33. The van der Waals surface area contributed by atoms with Crippen molar-refractivity contribution in [3.05, 3.63) is 120 Å². The molecule has 0 heterocycles. The molecular weight excluding hydrogens is 650 g/mol. The van der Waals surface area contributed by atoms with Gasteiger partial charge in [-0.1, -0.05) is 60.7 Å². The summed E-state index contributed by atoms with van der Waals surface area (Å²) < 4.78 is 50.8. The van der Waals surface area contributed by atoms with Gasteiger partial charge in [-0.05, 0) is 82.0 Å². The molecule has 0 aromatic heterocycles. The van der Waals surface area contributed by atoms with E-state index in [1.807, 2.05) is 57.4 Å². The molecule has 254 valence electrons. The predicted octanol–water partition coefficient (Wildman–Crippen LogP) is 6.70. The van der Waals surface area contributed by atoms with E-state index in [0.29, 0.717) is 0 Å². The molecule has 0 radical (unpaired) electrons. The van der Waals surface area contributed by atoms with Crippen molar-refractivity contribution in [1.82, 2.24) is 10.2 Å². The van der Waals surface area contributed by atoms with Crippen LogP contribution in [0.4, 0.5) is 10.1 Å². The highest BCUT2D eigenvalue weighted by atomic mass is 32.2. The number of amides is 2. The van der Waals surface area contributed by atoms with Gasteiger partial charge in [-0.15, -0.1) is 11.8 Å². The average molecular weight is 692 g/mol. The minimum absolute atomic E-state index is 0.0219. The number of sulfonamides is 1. The van der Waals surface area contributed by atoms with Gasteiger partial charge in [0.25, 0.3) is 10.0 Å². The van der Waals surface area contributed by atoms with Crippen LogP contribution in [0, 0.1) is 5.82 Å². The number of halogens is 1. The van der Waals surface area contributed by atoms with Crippen LogP contribution >= 0.6 is 11.8 Å². The number of nitrogens with one attached hydrogen (secondary N) is 1. The van der Waals surface area contributed by atoms with Crippen LogP contribution in [0.5, 0.6) is 5.75 Å². The maximum absolute atomic E-state index is 15.2. The van der Waals surface area contributed by atoms with Gasteiger partial charge in [0.2, 0.25) is 11.8 Å². The molecule has 1 N–H and O–H groups in total. The molecule has 0 aliphatic heterocycles. The summed E-state index contributed by atoms with van der Waals surface area (Å²) in [6.07, 6.45) is 2.00. The normalized spacial score (nSPS) is 12.2. The summed E-state index contributed by atoms with van der Waals surface area (Å²) in [5.41, 5.74) is 0.474. The Balaban J connectivity index is 1.86. The molecule has 2 amide bonds. The molecule has 8 nitrogen and oxygen atoms in total. The van der Waals surface area contributed by atoms with Crippen LogP contribution in [0.1, 0.15) is 38.8 Å². The van der Waals surface area contributed by atoms with E-state index >= 15 is 4.39 Å². The fourth-order valence-electron chi connectivity index (χ4n) is 5.15. The summed E-state index contributed by atoms with van der Waals surface area (Å²) in [4.78, 5) is 30.8. The lowest BCUT2D eigenvalue weighted by Gasteiger charge is -2.35. The molecule has 1 atom stereocenters. The molecule has 0 saturated carbocycles. The summed E-state index contributed by atoms with van der Waals surface area (Å²) in [5.74, 6) is -1.43. The highest BCUT2D eigenvalue weighted by Gasteiger charge is 2.36. The second kappa shape index (κ2) is 16.2. The summed E-state index contributed by atoms with van der Waals surface area (Å²) in [7, 11) is -4.34. The number of hydrogen-bond donors (Lipinski definition) is 1.